The number of hydrogen-bond acceptors (Lipinski definition) is 2. The van der Waals surface area contributed by atoms with Gasteiger partial charge in [0, 0.05) is 32.9 Å². The zero-order valence-electron chi connectivity index (χ0n) is 30.2. The van der Waals surface area contributed by atoms with Crippen LogP contribution in [0.5, 0.6) is 0 Å². The lowest BCUT2D eigenvalue weighted by Gasteiger charge is -2.20. The van der Waals surface area contributed by atoms with E-state index >= 15 is 0 Å². The number of fused-ring (bicyclic) bond motifs is 8. The van der Waals surface area contributed by atoms with Gasteiger partial charge in [0.1, 0.15) is 0 Å². The molecule has 4 heteroatoms. The molecular formula is C52H32N2O2. The number of hydrogen-bond donors (Lipinski definition) is 0. The molecule has 11 rings (SSSR count). The molecule has 0 saturated carbocycles. The summed E-state index contributed by atoms with van der Waals surface area (Å²) in [4.78, 5) is 28.1. The third-order valence-corrected chi connectivity index (χ3v) is 11.3. The van der Waals surface area contributed by atoms with Crippen molar-refractivity contribution >= 4 is 64.9 Å². The first-order valence-corrected chi connectivity index (χ1v) is 18.9. The van der Waals surface area contributed by atoms with Crippen molar-refractivity contribution in [2.45, 2.75) is 0 Å². The molecular weight excluding hydrogens is 685 g/mol. The van der Waals surface area contributed by atoms with Gasteiger partial charge in [-0.3, -0.25) is 18.7 Å². The number of pyridine rings is 2. The first kappa shape index (κ1) is 31.9. The summed E-state index contributed by atoms with van der Waals surface area (Å²) in [6.07, 6.45) is 0. The van der Waals surface area contributed by atoms with Gasteiger partial charge >= 0.3 is 0 Å². The molecule has 0 fully saturated rings. The molecule has 0 aliphatic rings. The normalized spacial score (nSPS) is 11.7. The molecule has 0 bridgehead atoms. The summed E-state index contributed by atoms with van der Waals surface area (Å²) < 4.78 is 3.67. The molecule has 11 aromatic rings. The van der Waals surface area contributed by atoms with Crippen LogP contribution >= 0.6 is 0 Å². The number of rotatable bonds is 4. The lowest BCUT2D eigenvalue weighted by molar-refractivity contribution is 1.06. The predicted molar refractivity (Wildman–Crippen MR) is 234 cm³/mol. The second kappa shape index (κ2) is 12.5. The zero-order valence-corrected chi connectivity index (χ0v) is 30.2. The molecule has 0 aliphatic carbocycles. The summed E-state index contributed by atoms with van der Waals surface area (Å²) in [7, 11) is 0. The topological polar surface area (TPSA) is 44.0 Å². The average molecular weight is 717 g/mol. The monoisotopic (exact) mass is 716 g/mol. The van der Waals surface area contributed by atoms with Crippen LogP contribution in [-0.4, -0.2) is 9.13 Å². The fourth-order valence-corrected chi connectivity index (χ4v) is 8.89. The van der Waals surface area contributed by atoms with Crippen LogP contribution < -0.4 is 11.1 Å². The lowest BCUT2D eigenvalue weighted by atomic mass is 9.85. The summed E-state index contributed by atoms with van der Waals surface area (Å²) in [6, 6.07) is 66.0. The van der Waals surface area contributed by atoms with Crippen molar-refractivity contribution in [3.8, 4) is 33.6 Å². The number of aromatic nitrogens is 2. The summed E-state index contributed by atoms with van der Waals surface area (Å²) in [5.41, 5.74) is 7.80. The third-order valence-electron chi connectivity index (χ3n) is 11.3. The molecule has 9 aromatic carbocycles. The second-order valence-electron chi connectivity index (χ2n) is 14.3. The van der Waals surface area contributed by atoms with Crippen LogP contribution in [0.1, 0.15) is 0 Å². The van der Waals surface area contributed by atoms with E-state index in [-0.39, 0.29) is 11.1 Å². The molecule has 0 spiro atoms. The molecule has 56 heavy (non-hydrogen) atoms. The summed E-state index contributed by atoms with van der Waals surface area (Å²) in [5, 5.41) is 9.84. The van der Waals surface area contributed by atoms with Gasteiger partial charge in [-0.1, -0.05) is 133 Å². The maximum Gasteiger partial charge on any atom is 0.263 e. The third kappa shape index (κ3) is 4.73. The van der Waals surface area contributed by atoms with Crippen LogP contribution in [0.3, 0.4) is 0 Å². The maximum atomic E-state index is 14.0. The predicted octanol–water partition coefficient (Wildman–Crippen LogP) is 12.2. The second-order valence-corrected chi connectivity index (χ2v) is 14.3. The molecule has 2 heterocycles. The van der Waals surface area contributed by atoms with Gasteiger partial charge in [-0.25, -0.2) is 0 Å². The Morgan fingerprint density at radius 1 is 0.268 bits per heavy atom. The Hall–Kier alpha value is -7.56. The molecule has 0 amide bonds. The number of benzene rings is 9. The largest absolute Gasteiger partial charge is 0.276 e. The zero-order chi connectivity index (χ0) is 37.3. The molecule has 0 aliphatic heterocycles. The Morgan fingerprint density at radius 2 is 0.571 bits per heavy atom. The maximum absolute atomic E-state index is 14.0. The Bertz CT molecular complexity index is 3220. The minimum atomic E-state index is -0.0313. The Kier molecular flexibility index (Phi) is 7.13. The van der Waals surface area contributed by atoms with Gasteiger partial charge in [0.05, 0.1) is 11.0 Å². The van der Waals surface area contributed by atoms with Crippen molar-refractivity contribution in [1.82, 2.24) is 9.13 Å². The molecule has 0 atom stereocenters. The van der Waals surface area contributed by atoms with E-state index in [4.69, 9.17) is 0 Å². The molecule has 2 aromatic heterocycles. The first-order valence-electron chi connectivity index (χ1n) is 18.9. The minimum absolute atomic E-state index is 0.0313. The van der Waals surface area contributed by atoms with Gasteiger partial charge in [-0.15, -0.1) is 0 Å². The van der Waals surface area contributed by atoms with Crippen LogP contribution in [0.2, 0.25) is 0 Å². The van der Waals surface area contributed by atoms with E-state index in [1.807, 2.05) is 106 Å². The quantitative estimate of drug-likeness (QED) is 0.134. The first-order chi connectivity index (χ1) is 27.7. The Balaban J connectivity index is 1.21. The summed E-state index contributed by atoms with van der Waals surface area (Å²) in [6.45, 7) is 0. The summed E-state index contributed by atoms with van der Waals surface area (Å²) in [5.74, 6) is 0. The van der Waals surface area contributed by atoms with E-state index in [0.717, 1.165) is 87.8 Å². The average Bonchev–Trinajstić information content (AvgIpc) is 3.26. The molecule has 0 unspecified atom stereocenters. The molecule has 0 saturated heterocycles. The highest BCUT2D eigenvalue weighted by molar-refractivity contribution is 6.23. The van der Waals surface area contributed by atoms with Gasteiger partial charge in [0.15, 0.2) is 0 Å². The summed E-state index contributed by atoms with van der Waals surface area (Å²) >= 11 is 0. The van der Waals surface area contributed by atoms with Crippen molar-refractivity contribution in [3.05, 3.63) is 215 Å². The van der Waals surface area contributed by atoms with E-state index in [1.165, 1.54) is 0 Å². The highest BCUT2D eigenvalue weighted by Crippen LogP contribution is 2.45. The fourth-order valence-electron chi connectivity index (χ4n) is 8.89. The van der Waals surface area contributed by atoms with Gasteiger partial charge in [0.2, 0.25) is 0 Å². The number of nitrogens with zero attached hydrogens (tertiary/aromatic N) is 2. The van der Waals surface area contributed by atoms with Gasteiger partial charge < -0.3 is 0 Å². The number of para-hydroxylation sites is 2. The fraction of sp³-hybridized carbons (Fsp3) is 0. The van der Waals surface area contributed by atoms with Crippen molar-refractivity contribution in [1.29, 1.82) is 0 Å². The standard InChI is InChI=1S/C52H32N2O2/c55-51-43-25-13-7-19-37(43)45-31-33(27-29-47(45)53(51)35-15-3-1-4-16-35)49-39-21-9-11-23-41(39)50(42-24-12-10-22-40(42)49)34-28-30-48-46(32-34)38-20-8-14-26-44(38)52(56)54(48)36-17-5-2-6-18-36/h1-32H. The van der Waals surface area contributed by atoms with Gasteiger partial charge in [-0.2, -0.15) is 0 Å². The Morgan fingerprint density at radius 3 is 0.929 bits per heavy atom. The highest BCUT2D eigenvalue weighted by Gasteiger charge is 2.20. The molecule has 0 N–H and O–H groups in total. The van der Waals surface area contributed by atoms with Crippen molar-refractivity contribution in [2.75, 3.05) is 0 Å². The van der Waals surface area contributed by atoms with E-state index in [2.05, 4.69) is 97.1 Å². The SMILES string of the molecule is O=c1c2ccccc2c2cc(-c3c4ccccc4c(-c4ccc5c(c4)c4ccccc4c(=O)n5-c4ccccc4)c4ccccc34)ccc2n1-c1ccccc1. The van der Waals surface area contributed by atoms with Crippen LogP contribution in [0.25, 0.3) is 98.5 Å². The van der Waals surface area contributed by atoms with E-state index < -0.39 is 0 Å². The smallest absolute Gasteiger partial charge is 0.263 e. The Labute approximate surface area is 321 Å². The van der Waals surface area contributed by atoms with Crippen molar-refractivity contribution in [3.63, 3.8) is 0 Å². The van der Waals surface area contributed by atoms with Crippen molar-refractivity contribution < 1.29 is 0 Å². The van der Waals surface area contributed by atoms with E-state index in [1.54, 1.807) is 0 Å². The minimum Gasteiger partial charge on any atom is -0.276 e. The molecule has 0 radical (unpaired) electrons. The molecule has 262 valence electrons. The molecule has 4 nitrogen and oxygen atoms in total. The van der Waals surface area contributed by atoms with E-state index in [0.29, 0.717) is 10.8 Å². The van der Waals surface area contributed by atoms with Crippen LogP contribution in [-0.2, 0) is 0 Å². The van der Waals surface area contributed by atoms with Crippen molar-refractivity contribution in [2.24, 2.45) is 0 Å². The van der Waals surface area contributed by atoms with Crippen LogP contribution in [0, 0.1) is 0 Å². The van der Waals surface area contributed by atoms with Crippen LogP contribution in [0.4, 0.5) is 0 Å². The highest BCUT2D eigenvalue weighted by atomic mass is 16.1. The van der Waals surface area contributed by atoms with Crippen LogP contribution in [0.15, 0.2) is 204 Å². The van der Waals surface area contributed by atoms with Gasteiger partial charge in [-0.05, 0) is 115 Å². The lowest BCUT2D eigenvalue weighted by Crippen LogP contribution is -2.19. The van der Waals surface area contributed by atoms with E-state index in [9.17, 15) is 9.59 Å². The van der Waals surface area contributed by atoms with Gasteiger partial charge in [0.25, 0.3) is 11.1 Å².